The monoisotopic (exact) mass is 391 g/mol. The van der Waals surface area contributed by atoms with Crippen molar-refractivity contribution in [3.05, 3.63) is 58.6 Å². The number of carbonyl (C=O) groups excluding carboxylic acids is 2. The number of hydrogen-bond donors (Lipinski definition) is 2. The van der Waals surface area contributed by atoms with Crippen molar-refractivity contribution in [3.63, 3.8) is 0 Å². The number of halogens is 2. The van der Waals surface area contributed by atoms with Crippen molar-refractivity contribution in [1.82, 2.24) is 4.90 Å². The molecule has 3 amide bonds. The molecule has 2 N–H and O–H groups in total. The van der Waals surface area contributed by atoms with E-state index in [0.29, 0.717) is 28.8 Å². The smallest absolute Gasteiger partial charge is 0.321 e. The third-order valence-electron chi connectivity index (χ3n) is 4.29. The molecule has 26 heavy (non-hydrogen) atoms. The normalized spacial score (nSPS) is 16.8. The molecule has 0 spiro atoms. The van der Waals surface area contributed by atoms with Crippen LogP contribution in [0.25, 0.3) is 0 Å². The van der Waals surface area contributed by atoms with E-state index in [4.69, 9.17) is 23.2 Å². The third-order valence-corrected chi connectivity index (χ3v) is 4.84. The van der Waals surface area contributed by atoms with Crippen LogP contribution in [0.5, 0.6) is 0 Å². The fourth-order valence-corrected chi connectivity index (χ4v) is 3.38. The Hall–Kier alpha value is -2.24. The van der Waals surface area contributed by atoms with Crippen LogP contribution in [-0.2, 0) is 4.79 Å². The topological polar surface area (TPSA) is 61.4 Å². The number of anilines is 2. The standard InChI is InChI=1S/C19H19Cl2N3O2/c20-14-8-9-17(16(21)11-14)23-18(25)13-5-4-10-24(12-13)19(26)22-15-6-2-1-3-7-15/h1-3,6-9,11,13H,4-5,10,12H2,(H,22,26)(H,23,25). The van der Waals surface area contributed by atoms with Crippen molar-refractivity contribution in [2.24, 2.45) is 5.92 Å². The van der Waals surface area contributed by atoms with Crippen LogP contribution in [-0.4, -0.2) is 29.9 Å². The van der Waals surface area contributed by atoms with E-state index in [0.717, 1.165) is 18.5 Å². The summed E-state index contributed by atoms with van der Waals surface area (Å²) in [6, 6.07) is 14.0. The SMILES string of the molecule is O=C(Nc1ccc(Cl)cc1Cl)C1CCCN(C(=O)Nc2ccccc2)C1. The number of nitrogens with zero attached hydrogens (tertiary/aromatic N) is 1. The zero-order valence-electron chi connectivity index (χ0n) is 14.0. The number of rotatable bonds is 3. The van der Waals surface area contributed by atoms with Gasteiger partial charge in [0.1, 0.15) is 0 Å². The molecule has 1 aliphatic heterocycles. The molecule has 2 aromatic carbocycles. The average Bonchev–Trinajstić information content (AvgIpc) is 2.65. The van der Waals surface area contributed by atoms with Crippen molar-refractivity contribution in [1.29, 1.82) is 0 Å². The van der Waals surface area contributed by atoms with Crippen LogP contribution < -0.4 is 10.6 Å². The van der Waals surface area contributed by atoms with Crippen LogP contribution in [0.1, 0.15) is 12.8 Å². The van der Waals surface area contributed by atoms with Gasteiger partial charge in [-0.15, -0.1) is 0 Å². The molecule has 1 fully saturated rings. The molecule has 136 valence electrons. The second-order valence-corrected chi connectivity index (χ2v) is 7.04. The van der Waals surface area contributed by atoms with Crippen molar-refractivity contribution in [2.75, 3.05) is 23.7 Å². The van der Waals surface area contributed by atoms with Crippen LogP contribution in [0.3, 0.4) is 0 Å². The molecule has 0 saturated carbocycles. The largest absolute Gasteiger partial charge is 0.324 e. The second-order valence-electron chi connectivity index (χ2n) is 6.19. The number of amides is 3. The van der Waals surface area contributed by atoms with Gasteiger partial charge in [-0.2, -0.15) is 0 Å². The molecule has 3 rings (SSSR count). The summed E-state index contributed by atoms with van der Waals surface area (Å²) < 4.78 is 0. The summed E-state index contributed by atoms with van der Waals surface area (Å²) in [5.74, 6) is -0.427. The molecule has 0 radical (unpaired) electrons. The van der Waals surface area contributed by atoms with Crippen LogP contribution in [0, 0.1) is 5.92 Å². The predicted octanol–water partition coefficient (Wildman–Crippen LogP) is 4.88. The summed E-state index contributed by atoms with van der Waals surface area (Å²) in [7, 11) is 0. The van der Waals surface area contributed by atoms with Gasteiger partial charge >= 0.3 is 6.03 Å². The highest BCUT2D eigenvalue weighted by Crippen LogP contribution is 2.27. The van der Waals surface area contributed by atoms with Crippen LogP contribution in [0.4, 0.5) is 16.2 Å². The third kappa shape index (κ3) is 4.68. The number of nitrogens with one attached hydrogen (secondary N) is 2. The van der Waals surface area contributed by atoms with Gasteiger partial charge in [-0.05, 0) is 43.2 Å². The van der Waals surface area contributed by atoms with Gasteiger partial charge in [-0.1, -0.05) is 41.4 Å². The molecule has 1 atom stereocenters. The molecule has 0 aliphatic carbocycles. The van der Waals surface area contributed by atoms with E-state index in [1.54, 1.807) is 23.1 Å². The van der Waals surface area contributed by atoms with E-state index in [-0.39, 0.29) is 17.9 Å². The van der Waals surface area contributed by atoms with Gasteiger partial charge in [0.15, 0.2) is 0 Å². The number of carbonyl (C=O) groups is 2. The minimum absolute atomic E-state index is 0.147. The van der Waals surface area contributed by atoms with E-state index in [1.165, 1.54) is 0 Å². The van der Waals surface area contributed by atoms with E-state index in [9.17, 15) is 9.59 Å². The Bertz CT molecular complexity index is 799. The minimum Gasteiger partial charge on any atom is -0.324 e. The number of piperidine rings is 1. The molecule has 1 aliphatic rings. The molecule has 2 aromatic rings. The molecule has 5 nitrogen and oxygen atoms in total. The average molecular weight is 392 g/mol. The Labute approximate surface area is 162 Å². The summed E-state index contributed by atoms with van der Waals surface area (Å²) in [5.41, 5.74) is 1.25. The van der Waals surface area contributed by atoms with E-state index < -0.39 is 0 Å². The Morgan fingerprint density at radius 3 is 2.54 bits per heavy atom. The van der Waals surface area contributed by atoms with Crippen LogP contribution in [0.15, 0.2) is 48.5 Å². The zero-order valence-corrected chi connectivity index (χ0v) is 15.6. The minimum atomic E-state index is -0.281. The lowest BCUT2D eigenvalue weighted by molar-refractivity contribution is -0.121. The first-order valence-electron chi connectivity index (χ1n) is 8.40. The first-order chi connectivity index (χ1) is 12.5. The van der Waals surface area contributed by atoms with Gasteiger partial charge in [0.2, 0.25) is 5.91 Å². The van der Waals surface area contributed by atoms with Gasteiger partial charge in [0.25, 0.3) is 0 Å². The highest BCUT2D eigenvalue weighted by Gasteiger charge is 2.28. The van der Waals surface area contributed by atoms with Crippen molar-refractivity contribution in [3.8, 4) is 0 Å². The van der Waals surface area contributed by atoms with Gasteiger partial charge in [0.05, 0.1) is 16.6 Å². The molecular weight excluding hydrogens is 373 g/mol. The number of urea groups is 1. The molecule has 0 bridgehead atoms. The Morgan fingerprint density at radius 1 is 1.04 bits per heavy atom. The first kappa shape index (κ1) is 18.5. The molecule has 7 heteroatoms. The van der Waals surface area contributed by atoms with Gasteiger partial charge < -0.3 is 15.5 Å². The first-order valence-corrected chi connectivity index (χ1v) is 9.15. The number of benzene rings is 2. The van der Waals surface area contributed by atoms with Crippen molar-refractivity contribution >= 4 is 46.5 Å². The van der Waals surface area contributed by atoms with Crippen molar-refractivity contribution in [2.45, 2.75) is 12.8 Å². The molecule has 1 saturated heterocycles. The lowest BCUT2D eigenvalue weighted by Crippen LogP contribution is -2.45. The quantitative estimate of drug-likeness (QED) is 0.783. The van der Waals surface area contributed by atoms with Crippen LogP contribution in [0.2, 0.25) is 10.0 Å². The zero-order chi connectivity index (χ0) is 18.5. The lowest BCUT2D eigenvalue weighted by Gasteiger charge is -2.32. The fraction of sp³-hybridized carbons (Fsp3) is 0.263. The summed E-state index contributed by atoms with van der Waals surface area (Å²) >= 11 is 12.0. The maximum atomic E-state index is 12.6. The lowest BCUT2D eigenvalue weighted by atomic mass is 9.97. The van der Waals surface area contributed by atoms with Crippen LogP contribution >= 0.6 is 23.2 Å². The van der Waals surface area contributed by atoms with E-state index >= 15 is 0 Å². The molecular formula is C19H19Cl2N3O2. The maximum absolute atomic E-state index is 12.6. The van der Waals surface area contributed by atoms with Gasteiger partial charge in [-0.3, -0.25) is 4.79 Å². The van der Waals surface area contributed by atoms with E-state index in [1.807, 2.05) is 30.3 Å². The van der Waals surface area contributed by atoms with Gasteiger partial charge in [-0.25, -0.2) is 4.79 Å². The highest BCUT2D eigenvalue weighted by atomic mass is 35.5. The maximum Gasteiger partial charge on any atom is 0.321 e. The Kier molecular flexibility index (Phi) is 6.01. The molecule has 1 unspecified atom stereocenters. The summed E-state index contributed by atoms with van der Waals surface area (Å²) in [4.78, 5) is 26.7. The van der Waals surface area contributed by atoms with Crippen molar-refractivity contribution < 1.29 is 9.59 Å². The Morgan fingerprint density at radius 2 is 1.81 bits per heavy atom. The molecule has 1 heterocycles. The molecule has 0 aromatic heterocycles. The van der Waals surface area contributed by atoms with Gasteiger partial charge in [0, 0.05) is 23.8 Å². The highest BCUT2D eigenvalue weighted by molar-refractivity contribution is 6.36. The van der Waals surface area contributed by atoms with E-state index in [2.05, 4.69) is 10.6 Å². The number of hydrogen-bond acceptors (Lipinski definition) is 2. The fourth-order valence-electron chi connectivity index (χ4n) is 2.93. The summed E-state index contributed by atoms with van der Waals surface area (Å²) in [5, 5.41) is 6.58. The predicted molar refractivity (Wildman–Crippen MR) is 105 cm³/mol. The summed E-state index contributed by atoms with van der Waals surface area (Å²) in [6.45, 7) is 1.000. The second kappa shape index (κ2) is 8.43. The number of likely N-dealkylation sites (tertiary alicyclic amines) is 1. The Balaban J connectivity index is 1.60. The number of para-hydroxylation sites is 1. The summed E-state index contributed by atoms with van der Waals surface area (Å²) in [6.07, 6.45) is 1.50.